The molecule has 3 rings (SSSR count). The van der Waals surface area contributed by atoms with Crippen molar-refractivity contribution in [3.05, 3.63) is 41.2 Å². The Hall–Kier alpha value is -2.59. The first-order valence-electron chi connectivity index (χ1n) is 8.43. The second-order valence-electron chi connectivity index (χ2n) is 6.07. The third-order valence-corrected chi connectivity index (χ3v) is 4.18. The van der Waals surface area contributed by atoms with E-state index in [-0.39, 0.29) is 12.0 Å². The number of carbonyl (C=O) groups is 1. The quantitative estimate of drug-likeness (QED) is 0.696. The van der Waals surface area contributed by atoms with Gasteiger partial charge in [-0.15, -0.1) is 0 Å². The molecule has 1 aliphatic rings. The molecule has 2 amide bonds. The molecule has 0 spiro atoms. The zero-order valence-electron chi connectivity index (χ0n) is 14.5. The summed E-state index contributed by atoms with van der Waals surface area (Å²) in [5.74, 6) is -0.273. The second-order valence-corrected chi connectivity index (χ2v) is 6.51. The van der Waals surface area contributed by atoms with Crippen LogP contribution in [0.3, 0.4) is 0 Å². The molecule has 0 aliphatic carbocycles. The summed E-state index contributed by atoms with van der Waals surface area (Å²) in [5, 5.41) is 7.86. The van der Waals surface area contributed by atoms with Crippen molar-refractivity contribution < 1.29 is 22.7 Å². The van der Waals surface area contributed by atoms with Crippen molar-refractivity contribution in [2.75, 3.05) is 23.8 Å². The molecule has 28 heavy (non-hydrogen) atoms. The van der Waals surface area contributed by atoms with Crippen LogP contribution in [0.15, 0.2) is 30.5 Å². The van der Waals surface area contributed by atoms with Gasteiger partial charge in [-0.2, -0.15) is 13.2 Å². The van der Waals surface area contributed by atoms with Crippen LogP contribution in [0.2, 0.25) is 5.02 Å². The number of ether oxygens (including phenoxy) is 1. The lowest BCUT2D eigenvalue weighted by molar-refractivity contribution is -0.140. The van der Waals surface area contributed by atoms with Gasteiger partial charge in [0.15, 0.2) is 5.69 Å². The standard InChI is InChI=1S/C17H17ClF3N5O2/c18-10-2-1-3-12(8-10)23-15-22-9-13(14(26-15)17(19,20)21)25-16(27)24-11-4-6-28-7-5-11/h1-3,8-9,11H,4-7H2,(H,22,23,26)(H2,24,25,27). The molecule has 11 heteroatoms. The number of urea groups is 1. The Morgan fingerprint density at radius 1 is 1.25 bits per heavy atom. The average molecular weight is 416 g/mol. The molecule has 0 atom stereocenters. The first-order valence-corrected chi connectivity index (χ1v) is 8.81. The molecule has 150 valence electrons. The number of alkyl halides is 3. The number of anilines is 3. The first-order chi connectivity index (χ1) is 13.3. The molecule has 7 nitrogen and oxygen atoms in total. The smallest absolute Gasteiger partial charge is 0.381 e. The van der Waals surface area contributed by atoms with Gasteiger partial charge in [-0.25, -0.2) is 14.8 Å². The Bertz CT molecular complexity index is 844. The van der Waals surface area contributed by atoms with E-state index in [4.69, 9.17) is 16.3 Å². The molecule has 2 aromatic rings. The number of nitrogens with one attached hydrogen (secondary N) is 3. The molecule has 0 saturated carbocycles. The second kappa shape index (κ2) is 8.61. The highest BCUT2D eigenvalue weighted by Gasteiger charge is 2.37. The van der Waals surface area contributed by atoms with Gasteiger partial charge in [-0.05, 0) is 31.0 Å². The van der Waals surface area contributed by atoms with Gasteiger partial charge in [0.1, 0.15) is 0 Å². The van der Waals surface area contributed by atoms with Crippen LogP contribution in [0.25, 0.3) is 0 Å². The van der Waals surface area contributed by atoms with E-state index in [2.05, 4.69) is 25.9 Å². The molecule has 0 bridgehead atoms. The van der Waals surface area contributed by atoms with Crippen molar-refractivity contribution in [3.63, 3.8) is 0 Å². The fraction of sp³-hybridized carbons (Fsp3) is 0.353. The molecule has 3 N–H and O–H groups in total. The van der Waals surface area contributed by atoms with Crippen molar-refractivity contribution in [1.82, 2.24) is 15.3 Å². The predicted molar refractivity (Wildman–Crippen MR) is 97.8 cm³/mol. The van der Waals surface area contributed by atoms with Crippen molar-refractivity contribution in [1.29, 1.82) is 0 Å². The Kier molecular flexibility index (Phi) is 6.20. The zero-order chi connectivity index (χ0) is 20.1. The zero-order valence-corrected chi connectivity index (χ0v) is 15.3. The minimum Gasteiger partial charge on any atom is -0.381 e. The van der Waals surface area contributed by atoms with Gasteiger partial charge in [0.2, 0.25) is 5.95 Å². The maximum absolute atomic E-state index is 13.4. The summed E-state index contributed by atoms with van der Waals surface area (Å²) in [4.78, 5) is 19.4. The molecule has 1 fully saturated rings. The van der Waals surface area contributed by atoms with E-state index < -0.39 is 23.6 Å². The monoisotopic (exact) mass is 415 g/mol. The molecule has 1 aromatic carbocycles. The van der Waals surface area contributed by atoms with Gasteiger partial charge in [-0.1, -0.05) is 17.7 Å². The number of benzene rings is 1. The van der Waals surface area contributed by atoms with Gasteiger partial charge >= 0.3 is 12.2 Å². The minimum absolute atomic E-state index is 0.159. The highest BCUT2D eigenvalue weighted by atomic mass is 35.5. The van der Waals surface area contributed by atoms with Crippen LogP contribution >= 0.6 is 11.6 Å². The molecule has 1 aromatic heterocycles. The van der Waals surface area contributed by atoms with E-state index in [1.165, 1.54) is 6.07 Å². The molecular formula is C17H17ClF3N5O2. The number of aromatic nitrogens is 2. The molecule has 1 saturated heterocycles. The van der Waals surface area contributed by atoms with Crippen LogP contribution in [0.4, 0.5) is 35.3 Å². The number of nitrogens with zero attached hydrogens (tertiary/aromatic N) is 2. The SMILES string of the molecule is O=C(Nc1cnc(Nc2cccc(Cl)c2)nc1C(F)(F)F)NC1CCOCC1. The third kappa shape index (κ3) is 5.46. The maximum atomic E-state index is 13.4. The highest BCUT2D eigenvalue weighted by molar-refractivity contribution is 6.30. The van der Waals surface area contributed by atoms with Gasteiger partial charge in [0.25, 0.3) is 0 Å². The van der Waals surface area contributed by atoms with Crippen molar-refractivity contribution in [2.24, 2.45) is 0 Å². The third-order valence-electron chi connectivity index (χ3n) is 3.94. The lowest BCUT2D eigenvalue weighted by Crippen LogP contribution is -2.41. The highest BCUT2D eigenvalue weighted by Crippen LogP contribution is 2.34. The van der Waals surface area contributed by atoms with E-state index in [1.54, 1.807) is 18.2 Å². The van der Waals surface area contributed by atoms with Crippen molar-refractivity contribution in [2.45, 2.75) is 25.1 Å². The van der Waals surface area contributed by atoms with Crippen LogP contribution in [0.1, 0.15) is 18.5 Å². The minimum atomic E-state index is -4.78. The summed E-state index contributed by atoms with van der Waals surface area (Å²) in [6.45, 7) is 0.984. The summed E-state index contributed by atoms with van der Waals surface area (Å²) in [7, 11) is 0. The summed E-state index contributed by atoms with van der Waals surface area (Å²) in [5.41, 5.74) is -1.36. The lowest BCUT2D eigenvalue weighted by Gasteiger charge is -2.23. The number of rotatable bonds is 4. The molecule has 0 unspecified atom stereocenters. The van der Waals surface area contributed by atoms with Gasteiger partial charge < -0.3 is 20.7 Å². The van der Waals surface area contributed by atoms with E-state index in [0.717, 1.165) is 6.20 Å². The maximum Gasteiger partial charge on any atom is 0.435 e. The summed E-state index contributed by atoms with van der Waals surface area (Å²) in [6.07, 6.45) is -2.68. The molecule has 2 heterocycles. The van der Waals surface area contributed by atoms with E-state index in [9.17, 15) is 18.0 Å². The van der Waals surface area contributed by atoms with E-state index in [1.807, 2.05) is 0 Å². The van der Waals surface area contributed by atoms with Gasteiger partial charge in [-0.3, -0.25) is 0 Å². The normalized spacial score (nSPS) is 15.1. The van der Waals surface area contributed by atoms with E-state index >= 15 is 0 Å². The first kappa shape index (κ1) is 20.2. The fourth-order valence-electron chi connectivity index (χ4n) is 2.63. The fourth-order valence-corrected chi connectivity index (χ4v) is 2.82. The van der Waals surface area contributed by atoms with Crippen LogP contribution in [-0.4, -0.2) is 35.3 Å². The molecule has 0 radical (unpaired) electrons. The Morgan fingerprint density at radius 2 is 2.00 bits per heavy atom. The predicted octanol–water partition coefficient (Wildman–Crippen LogP) is 4.19. The van der Waals surface area contributed by atoms with Crippen LogP contribution in [0, 0.1) is 0 Å². The van der Waals surface area contributed by atoms with Crippen molar-refractivity contribution in [3.8, 4) is 0 Å². The number of halogens is 4. The summed E-state index contributed by atoms with van der Waals surface area (Å²) in [6, 6.07) is 5.47. The topological polar surface area (TPSA) is 88.2 Å². The van der Waals surface area contributed by atoms with Crippen LogP contribution in [-0.2, 0) is 10.9 Å². The summed E-state index contributed by atoms with van der Waals surface area (Å²) < 4.78 is 45.4. The van der Waals surface area contributed by atoms with Crippen LogP contribution in [0.5, 0.6) is 0 Å². The molecule has 1 aliphatic heterocycles. The number of hydrogen-bond acceptors (Lipinski definition) is 5. The lowest BCUT2D eigenvalue weighted by atomic mass is 10.1. The van der Waals surface area contributed by atoms with Crippen molar-refractivity contribution >= 4 is 35.0 Å². The number of amides is 2. The average Bonchev–Trinajstić information content (AvgIpc) is 2.63. The van der Waals surface area contributed by atoms with Crippen LogP contribution < -0.4 is 16.0 Å². The number of hydrogen-bond donors (Lipinski definition) is 3. The Balaban J connectivity index is 1.76. The summed E-state index contributed by atoms with van der Waals surface area (Å²) >= 11 is 5.85. The molecular weight excluding hydrogens is 399 g/mol. The Labute approximate surface area is 163 Å². The van der Waals surface area contributed by atoms with Gasteiger partial charge in [0.05, 0.1) is 11.9 Å². The van der Waals surface area contributed by atoms with Gasteiger partial charge in [0, 0.05) is 30.0 Å². The largest absolute Gasteiger partial charge is 0.435 e. The van der Waals surface area contributed by atoms with E-state index in [0.29, 0.717) is 36.8 Å². The number of carbonyl (C=O) groups excluding carboxylic acids is 1. The Morgan fingerprint density at radius 3 is 2.68 bits per heavy atom.